The number of aliphatic carboxylic acids is 1. The highest BCUT2D eigenvalue weighted by molar-refractivity contribution is 5.82. The highest BCUT2D eigenvalue weighted by atomic mass is 16.7. The SMILES string of the molecule is O=C(O)C1(c2ccc3c(c2)OCO3)CCCNCC1. The summed E-state index contributed by atoms with van der Waals surface area (Å²) in [6, 6.07) is 5.48. The molecular formula is C14H17NO4. The van der Waals surface area contributed by atoms with Gasteiger partial charge in [0, 0.05) is 0 Å². The molecular weight excluding hydrogens is 246 g/mol. The van der Waals surface area contributed by atoms with E-state index in [2.05, 4.69) is 5.32 Å². The van der Waals surface area contributed by atoms with Crippen molar-refractivity contribution in [3.8, 4) is 11.5 Å². The predicted octanol–water partition coefficient (Wildman–Crippen LogP) is 1.51. The number of carbonyl (C=O) groups is 1. The smallest absolute Gasteiger partial charge is 0.314 e. The Balaban J connectivity index is 2.02. The molecule has 2 heterocycles. The fourth-order valence-corrected chi connectivity index (χ4v) is 2.89. The third-order valence-corrected chi connectivity index (χ3v) is 4.02. The van der Waals surface area contributed by atoms with Gasteiger partial charge >= 0.3 is 5.97 Å². The van der Waals surface area contributed by atoms with Gasteiger partial charge in [-0.2, -0.15) is 0 Å². The molecule has 3 rings (SSSR count). The van der Waals surface area contributed by atoms with Crippen LogP contribution in [0.25, 0.3) is 0 Å². The molecule has 1 saturated heterocycles. The van der Waals surface area contributed by atoms with Crippen LogP contribution in [-0.2, 0) is 10.2 Å². The van der Waals surface area contributed by atoms with E-state index in [1.165, 1.54) is 0 Å². The van der Waals surface area contributed by atoms with Crippen molar-refractivity contribution in [2.24, 2.45) is 0 Å². The Morgan fingerprint density at radius 1 is 1.21 bits per heavy atom. The monoisotopic (exact) mass is 263 g/mol. The van der Waals surface area contributed by atoms with Crippen LogP contribution in [0.4, 0.5) is 0 Å². The van der Waals surface area contributed by atoms with Gasteiger partial charge in [0.15, 0.2) is 11.5 Å². The number of fused-ring (bicyclic) bond motifs is 1. The van der Waals surface area contributed by atoms with Crippen LogP contribution in [0.1, 0.15) is 24.8 Å². The van der Waals surface area contributed by atoms with Crippen molar-refractivity contribution in [2.45, 2.75) is 24.7 Å². The van der Waals surface area contributed by atoms with Crippen molar-refractivity contribution in [3.05, 3.63) is 23.8 Å². The first-order valence-corrected chi connectivity index (χ1v) is 6.57. The number of carboxylic acid groups (broad SMARTS) is 1. The van der Waals surface area contributed by atoms with Crippen LogP contribution < -0.4 is 14.8 Å². The number of benzene rings is 1. The Kier molecular flexibility index (Phi) is 3.06. The second-order valence-electron chi connectivity index (χ2n) is 5.06. The van der Waals surface area contributed by atoms with Gasteiger partial charge in [0.1, 0.15) is 0 Å². The highest BCUT2D eigenvalue weighted by Crippen LogP contribution is 2.40. The molecule has 2 aliphatic rings. The summed E-state index contributed by atoms with van der Waals surface area (Å²) in [6.07, 6.45) is 2.11. The number of ether oxygens (including phenoxy) is 2. The van der Waals surface area contributed by atoms with Gasteiger partial charge < -0.3 is 19.9 Å². The molecule has 0 spiro atoms. The van der Waals surface area contributed by atoms with Gasteiger partial charge in [0.05, 0.1) is 5.41 Å². The van der Waals surface area contributed by atoms with E-state index in [4.69, 9.17) is 9.47 Å². The fourth-order valence-electron chi connectivity index (χ4n) is 2.89. The minimum Gasteiger partial charge on any atom is -0.481 e. The van der Waals surface area contributed by atoms with Crippen LogP contribution >= 0.6 is 0 Å². The van der Waals surface area contributed by atoms with E-state index in [0.717, 1.165) is 25.1 Å². The summed E-state index contributed by atoms with van der Waals surface area (Å²) in [7, 11) is 0. The van der Waals surface area contributed by atoms with Gasteiger partial charge in [0.2, 0.25) is 6.79 Å². The minimum atomic E-state index is -0.815. The number of hydrogen-bond donors (Lipinski definition) is 2. The lowest BCUT2D eigenvalue weighted by atomic mass is 9.74. The molecule has 1 aromatic carbocycles. The molecule has 0 aromatic heterocycles. The van der Waals surface area contributed by atoms with Crippen molar-refractivity contribution in [1.82, 2.24) is 5.32 Å². The topological polar surface area (TPSA) is 67.8 Å². The average molecular weight is 263 g/mol. The molecule has 0 saturated carbocycles. The highest BCUT2D eigenvalue weighted by Gasteiger charge is 2.41. The van der Waals surface area contributed by atoms with Crippen molar-refractivity contribution >= 4 is 5.97 Å². The molecule has 2 N–H and O–H groups in total. The van der Waals surface area contributed by atoms with Crippen LogP contribution in [0.5, 0.6) is 11.5 Å². The zero-order chi connectivity index (χ0) is 13.3. The first-order chi connectivity index (χ1) is 9.22. The average Bonchev–Trinajstić information content (AvgIpc) is 2.72. The van der Waals surface area contributed by atoms with Crippen molar-refractivity contribution in [1.29, 1.82) is 0 Å². The molecule has 1 fully saturated rings. The van der Waals surface area contributed by atoms with Crippen LogP contribution in [0, 0.1) is 0 Å². The van der Waals surface area contributed by atoms with E-state index in [1.807, 2.05) is 12.1 Å². The molecule has 0 aliphatic carbocycles. The molecule has 5 heteroatoms. The normalized spacial score (nSPS) is 25.9. The van der Waals surface area contributed by atoms with E-state index < -0.39 is 11.4 Å². The Bertz CT molecular complexity index is 492. The first-order valence-electron chi connectivity index (χ1n) is 6.57. The quantitative estimate of drug-likeness (QED) is 0.846. The summed E-state index contributed by atoms with van der Waals surface area (Å²) in [5, 5.41) is 13.0. The predicted molar refractivity (Wildman–Crippen MR) is 68.6 cm³/mol. The molecule has 1 aromatic rings. The maximum atomic E-state index is 11.8. The van der Waals surface area contributed by atoms with Crippen molar-refractivity contribution in [2.75, 3.05) is 19.9 Å². The summed E-state index contributed by atoms with van der Waals surface area (Å²) in [5.74, 6) is 0.585. The van der Waals surface area contributed by atoms with E-state index in [1.54, 1.807) is 6.07 Å². The first kappa shape index (κ1) is 12.3. The summed E-state index contributed by atoms with van der Waals surface area (Å²) < 4.78 is 10.6. The number of hydrogen-bond acceptors (Lipinski definition) is 4. The van der Waals surface area contributed by atoms with Crippen molar-refractivity contribution < 1.29 is 19.4 Å². The molecule has 102 valence electrons. The van der Waals surface area contributed by atoms with Gasteiger partial charge in [0.25, 0.3) is 0 Å². The van der Waals surface area contributed by atoms with Crippen LogP contribution in [0.15, 0.2) is 18.2 Å². The molecule has 1 unspecified atom stereocenters. The summed E-state index contributed by atoms with van der Waals surface area (Å²) in [4.78, 5) is 11.8. The van der Waals surface area contributed by atoms with Crippen LogP contribution in [0.2, 0.25) is 0 Å². The van der Waals surface area contributed by atoms with E-state index in [-0.39, 0.29) is 6.79 Å². The molecule has 2 aliphatic heterocycles. The fraction of sp³-hybridized carbons (Fsp3) is 0.500. The third-order valence-electron chi connectivity index (χ3n) is 4.02. The zero-order valence-electron chi connectivity index (χ0n) is 10.6. The zero-order valence-corrected chi connectivity index (χ0v) is 10.6. The number of carboxylic acids is 1. The van der Waals surface area contributed by atoms with Gasteiger partial charge in [-0.05, 0) is 50.0 Å². The molecule has 19 heavy (non-hydrogen) atoms. The molecule has 0 bridgehead atoms. The summed E-state index contributed by atoms with van der Waals surface area (Å²) >= 11 is 0. The third kappa shape index (κ3) is 2.04. The summed E-state index contributed by atoms with van der Waals surface area (Å²) in [5.41, 5.74) is -0.00208. The maximum absolute atomic E-state index is 11.8. The van der Waals surface area contributed by atoms with E-state index in [9.17, 15) is 9.90 Å². The standard InChI is InChI=1S/C14H17NO4/c16-13(17)14(4-1-6-15-7-5-14)10-2-3-11-12(8-10)19-9-18-11/h2-3,8,15H,1,4-7,9H2,(H,16,17). The minimum absolute atomic E-state index is 0.209. The Hall–Kier alpha value is -1.75. The Morgan fingerprint density at radius 3 is 2.89 bits per heavy atom. The molecule has 1 atom stereocenters. The summed E-state index contributed by atoms with van der Waals surface area (Å²) in [6.45, 7) is 1.81. The lowest BCUT2D eigenvalue weighted by Crippen LogP contribution is -2.36. The molecule has 0 radical (unpaired) electrons. The second kappa shape index (κ2) is 4.74. The lowest BCUT2D eigenvalue weighted by molar-refractivity contribution is -0.144. The molecule has 5 nitrogen and oxygen atoms in total. The Labute approximate surface area is 111 Å². The van der Waals surface area contributed by atoms with Crippen molar-refractivity contribution in [3.63, 3.8) is 0 Å². The van der Waals surface area contributed by atoms with E-state index in [0.29, 0.717) is 24.3 Å². The van der Waals surface area contributed by atoms with Gasteiger partial charge in [-0.3, -0.25) is 4.79 Å². The Morgan fingerprint density at radius 2 is 2.05 bits per heavy atom. The largest absolute Gasteiger partial charge is 0.481 e. The van der Waals surface area contributed by atoms with Gasteiger partial charge in [-0.1, -0.05) is 6.07 Å². The molecule has 0 amide bonds. The maximum Gasteiger partial charge on any atom is 0.314 e. The van der Waals surface area contributed by atoms with E-state index >= 15 is 0 Å². The number of nitrogens with one attached hydrogen (secondary N) is 1. The van der Waals surface area contributed by atoms with Crippen LogP contribution in [-0.4, -0.2) is 31.0 Å². The van der Waals surface area contributed by atoms with Crippen LogP contribution in [0.3, 0.4) is 0 Å². The van der Waals surface area contributed by atoms with Gasteiger partial charge in [-0.15, -0.1) is 0 Å². The second-order valence-corrected chi connectivity index (χ2v) is 5.06. The van der Waals surface area contributed by atoms with Gasteiger partial charge in [-0.25, -0.2) is 0 Å². The lowest BCUT2D eigenvalue weighted by Gasteiger charge is -2.28. The number of rotatable bonds is 2.